The van der Waals surface area contributed by atoms with Gasteiger partial charge in [0, 0.05) is 12.8 Å². The molecule has 0 bridgehead atoms. The second-order valence-electron chi connectivity index (χ2n) is 26.3. The summed E-state index contributed by atoms with van der Waals surface area (Å²) < 4.78 is 34.7. The lowest BCUT2D eigenvalue weighted by Gasteiger charge is -2.24. The van der Waals surface area contributed by atoms with Crippen LogP contribution in [0.4, 0.5) is 0 Å². The van der Waals surface area contributed by atoms with Crippen molar-refractivity contribution in [1.82, 2.24) is 0 Å². The molecule has 0 aliphatic rings. The maximum Gasteiger partial charge on any atom is 0.472 e. The van der Waals surface area contributed by atoms with Crippen LogP contribution < -0.4 is 0 Å². The van der Waals surface area contributed by atoms with E-state index >= 15 is 0 Å². The topological polar surface area (TPSA) is 108 Å². The molecule has 0 amide bonds. The van der Waals surface area contributed by atoms with Gasteiger partial charge in [0.05, 0.1) is 27.7 Å². The lowest BCUT2D eigenvalue weighted by Crippen LogP contribution is -2.37. The van der Waals surface area contributed by atoms with E-state index in [4.69, 9.17) is 18.5 Å². The highest BCUT2D eigenvalue weighted by Gasteiger charge is 2.27. The van der Waals surface area contributed by atoms with Gasteiger partial charge in [-0.05, 0) is 77.0 Å². The Morgan fingerprint density at radius 2 is 0.663 bits per heavy atom. The standard InChI is InChI=1S/C76H142NO8P/c1-6-8-10-12-14-16-18-20-22-24-26-28-30-31-32-33-34-35-36-37-38-39-40-41-42-43-44-45-47-48-50-52-54-56-58-60-62-64-66-68-75(78)82-72-74(73-84-86(80,81)83-71-70-77(3,4)5)85-76(79)69-67-65-63-61-59-57-55-53-51-49-46-29-27-25-23-21-19-17-15-13-11-9-7-2/h9,11,15,17,21,23-24,26-27,29,74H,6-8,10,12-14,16,18-20,22,25,28,30-73H2,1-5H3/p+1/b11-9-,17-15-,23-21-,26-24-,29-27-. The Morgan fingerprint density at radius 1 is 0.372 bits per heavy atom. The van der Waals surface area contributed by atoms with Crippen LogP contribution in [0, 0.1) is 0 Å². The number of nitrogens with zero attached hydrogens (tertiary/aromatic N) is 1. The normalized spacial score (nSPS) is 13.4. The average Bonchev–Trinajstić information content (AvgIpc) is 3.56. The first-order valence-corrected chi connectivity index (χ1v) is 38.5. The molecule has 0 heterocycles. The summed E-state index contributed by atoms with van der Waals surface area (Å²) in [6.45, 7) is 4.37. The summed E-state index contributed by atoms with van der Waals surface area (Å²) in [7, 11) is 1.48. The number of quaternary nitrogens is 1. The van der Waals surface area contributed by atoms with Crippen LogP contribution in [0.15, 0.2) is 60.8 Å². The maximum atomic E-state index is 12.9. The molecule has 9 nitrogen and oxygen atoms in total. The Bertz CT molecular complexity index is 1630. The number of hydrogen-bond acceptors (Lipinski definition) is 7. The molecule has 0 fully saturated rings. The van der Waals surface area contributed by atoms with Crippen LogP contribution in [0.1, 0.15) is 361 Å². The Balaban J connectivity index is 3.91. The number of likely N-dealkylation sites (N-methyl/N-ethyl adjacent to an activating group) is 1. The van der Waals surface area contributed by atoms with Crippen molar-refractivity contribution >= 4 is 19.8 Å². The fraction of sp³-hybridized carbons (Fsp3) is 0.842. The number of esters is 2. The van der Waals surface area contributed by atoms with E-state index in [2.05, 4.69) is 74.6 Å². The molecule has 0 saturated carbocycles. The van der Waals surface area contributed by atoms with Crippen LogP contribution in [0.25, 0.3) is 0 Å². The number of rotatable bonds is 69. The van der Waals surface area contributed by atoms with Crippen molar-refractivity contribution in [3.05, 3.63) is 60.8 Å². The molecule has 10 heteroatoms. The number of unbranched alkanes of at least 4 members (excludes halogenated alkanes) is 45. The Kier molecular flexibility index (Phi) is 65.3. The van der Waals surface area contributed by atoms with Gasteiger partial charge in [0.1, 0.15) is 19.8 Å². The zero-order valence-corrected chi connectivity index (χ0v) is 58.5. The van der Waals surface area contributed by atoms with E-state index in [1.807, 2.05) is 21.1 Å². The summed E-state index contributed by atoms with van der Waals surface area (Å²) in [5.41, 5.74) is 0. The number of ether oxygens (including phenoxy) is 2. The molecule has 0 aromatic rings. The summed E-state index contributed by atoms with van der Waals surface area (Å²) in [5, 5.41) is 0. The van der Waals surface area contributed by atoms with Gasteiger partial charge in [-0.15, -0.1) is 0 Å². The minimum atomic E-state index is -4.39. The molecular formula is C76H143NO8P+. The van der Waals surface area contributed by atoms with Crippen LogP contribution >= 0.6 is 7.82 Å². The number of phosphoric acid groups is 1. The van der Waals surface area contributed by atoms with E-state index < -0.39 is 26.5 Å². The van der Waals surface area contributed by atoms with Crippen molar-refractivity contribution < 1.29 is 42.1 Å². The lowest BCUT2D eigenvalue weighted by molar-refractivity contribution is -0.870. The van der Waals surface area contributed by atoms with E-state index in [-0.39, 0.29) is 25.6 Å². The molecule has 0 radical (unpaired) electrons. The predicted molar refractivity (Wildman–Crippen MR) is 372 cm³/mol. The minimum Gasteiger partial charge on any atom is -0.462 e. The van der Waals surface area contributed by atoms with Gasteiger partial charge in [0.25, 0.3) is 0 Å². The van der Waals surface area contributed by atoms with E-state index in [9.17, 15) is 19.0 Å². The number of carbonyl (C=O) groups is 2. The zero-order valence-electron chi connectivity index (χ0n) is 57.6. The molecule has 0 aliphatic carbocycles. The maximum absolute atomic E-state index is 12.9. The predicted octanol–water partition coefficient (Wildman–Crippen LogP) is 24.2. The van der Waals surface area contributed by atoms with Crippen molar-refractivity contribution in [3.8, 4) is 0 Å². The Labute approximate surface area is 534 Å². The Hall–Kier alpha value is -2.29. The molecule has 2 atom stereocenters. The quantitative estimate of drug-likeness (QED) is 0.0211. The number of allylic oxidation sites excluding steroid dienone is 10. The minimum absolute atomic E-state index is 0.0309. The number of hydrogen-bond donors (Lipinski definition) is 1. The molecular weight excluding hydrogens is 1090 g/mol. The average molecular weight is 1230 g/mol. The van der Waals surface area contributed by atoms with Gasteiger partial charge in [0.2, 0.25) is 0 Å². The van der Waals surface area contributed by atoms with Crippen LogP contribution in [0.5, 0.6) is 0 Å². The molecule has 0 spiro atoms. The molecule has 0 aliphatic heterocycles. The summed E-state index contributed by atoms with van der Waals surface area (Å²) in [6, 6.07) is 0. The van der Waals surface area contributed by atoms with E-state index in [0.29, 0.717) is 23.9 Å². The van der Waals surface area contributed by atoms with Gasteiger partial charge >= 0.3 is 19.8 Å². The van der Waals surface area contributed by atoms with Gasteiger partial charge in [0.15, 0.2) is 6.10 Å². The first-order chi connectivity index (χ1) is 42.0. The summed E-state index contributed by atoms with van der Waals surface area (Å²) in [4.78, 5) is 35.9. The third-order valence-electron chi connectivity index (χ3n) is 16.5. The summed E-state index contributed by atoms with van der Waals surface area (Å²) in [6.07, 6.45) is 89.3. The third kappa shape index (κ3) is 70.8. The SMILES string of the molecule is CC/C=C\C/C=C\C/C=C\C/C=C\CCCCCCCCCCCCC(=O)OC(COC(=O)CCCCCCCCCCCCCCCCCCCCCCCCCCCCC/C=C\CCCCCCCCCC)COP(=O)(O)OCC[N+](C)(C)C. The second-order valence-corrected chi connectivity index (χ2v) is 27.8. The monoisotopic (exact) mass is 1230 g/mol. The zero-order chi connectivity index (χ0) is 62.6. The van der Waals surface area contributed by atoms with Gasteiger partial charge < -0.3 is 18.9 Å². The van der Waals surface area contributed by atoms with E-state index in [1.54, 1.807) is 0 Å². The van der Waals surface area contributed by atoms with Crippen molar-refractivity contribution in [3.63, 3.8) is 0 Å². The third-order valence-corrected chi connectivity index (χ3v) is 17.5. The molecule has 1 N–H and O–H groups in total. The largest absolute Gasteiger partial charge is 0.472 e. The number of carbonyl (C=O) groups excluding carboxylic acids is 2. The highest BCUT2D eigenvalue weighted by Crippen LogP contribution is 2.43. The fourth-order valence-electron chi connectivity index (χ4n) is 10.9. The molecule has 0 rings (SSSR count). The summed E-state index contributed by atoms with van der Waals surface area (Å²) in [5.74, 6) is -0.787. The molecule has 86 heavy (non-hydrogen) atoms. The second kappa shape index (κ2) is 67.1. The van der Waals surface area contributed by atoms with Gasteiger partial charge in [-0.1, -0.05) is 331 Å². The van der Waals surface area contributed by atoms with Crippen LogP contribution in [0.3, 0.4) is 0 Å². The molecule has 0 aromatic heterocycles. The lowest BCUT2D eigenvalue weighted by atomic mass is 10.0. The van der Waals surface area contributed by atoms with Crippen LogP contribution in [-0.2, 0) is 32.7 Å². The van der Waals surface area contributed by atoms with E-state index in [1.165, 1.54) is 257 Å². The molecule has 0 saturated heterocycles. The molecule has 504 valence electrons. The molecule has 0 aromatic carbocycles. The highest BCUT2D eigenvalue weighted by atomic mass is 31.2. The van der Waals surface area contributed by atoms with Gasteiger partial charge in [-0.2, -0.15) is 0 Å². The van der Waals surface area contributed by atoms with Crippen LogP contribution in [-0.4, -0.2) is 74.9 Å². The van der Waals surface area contributed by atoms with Crippen molar-refractivity contribution in [2.75, 3.05) is 47.5 Å². The van der Waals surface area contributed by atoms with Crippen LogP contribution in [0.2, 0.25) is 0 Å². The molecule has 2 unspecified atom stereocenters. The van der Waals surface area contributed by atoms with Crippen molar-refractivity contribution in [2.45, 2.75) is 367 Å². The van der Waals surface area contributed by atoms with E-state index in [0.717, 1.165) is 70.6 Å². The van der Waals surface area contributed by atoms with Crippen molar-refractivity contribution in [1.29, 1.82) is 0 Å². The smallest absolute Gasteiger partial charge is 0.462 e. The van der Waals surface area contributed by atoms with Crippen molar-refractivity contribution in [2.24, 2.45) is 0 Å². The van der Waals surface area contributed by atoms with Gasteiger partial charge in [-0.3, -0.25) is 18.6 Å². The van der Waals surface area contributed by atoms with Gasteiger partial charge in [-0.25, -0.2) is 4.57 Å². The summed E-state index contributed by atoms with van der Waals surface area (Å²) >= 11 is 0. The fourth-order valence-corrected chi connectivity index (χ4v) is 11.6. The first kappa shape index (κ1) is 83.7. The number of phosphoric ester groups is 1. The highest BCUT2D eigenvalue weighted by molar-refractivity contribution is 7.47. The first-order valence-electron chi connectivity index (χ1n) is 37.0. The Morgan fingerprint density at radius 3 is 1.00 bits per heavy atom.